The minimum atomic E-state index is -0.501. The van der Waals surface area contributed by atoms with Gasteiger partial charge in [0.05, 0.1) is 12.8 Å². The minimum absolute atomic E-state index is 0.178. The zero-order chi connectivity index (χ0) is 21.7. The summed E-state index contributed by atoms with van der Waals surface area (Å²) in [5.74, 6) is -0.454. The molecule has 3 aromatic rings. The van der Waals surface area contributed by atoms with Crippen molar-refractivity contribution in [2.24, 2.45) is 0 Å². The molecule has 0 heterocycles. The second kappa shape index (κ2) is 9.22. The summed E-state index contributed by atoms with van der Waals surface area (Å²) < 4.78 is 18.7. The molecule has 0 fully saturated rings. The highest BCUT2D eigenvalue weighted by atomic mass is 19.1. The number of nitrogens with one attached hydrogen (secondary N) is 2. The van der Waals surface area contributed by atoms with E-state index < -0.39 is 11.7 Å². The SMILES string of the molecule is COc1ccc(NC(=O)c2ccc(C(C)C)cc2)cc1NC(=O)c1cccc(F)c1. The van der Waals surface area contributed by atoms with Crippen LogP contribution in [0.5, 0.6) is 5.75 Å². The first-order valence-corrected chi connectivity index (χ1v) is 9.53. The molecule has 0 saturated heterocycles. The van der Waals surface area contributed by atoms with Gasteiger partial charge in [0.2, 0.25) is 0 Å². The molecule has 0 unspecified atom stereocenters. The third kappa shape index (κ3) is 5.03. The maximum absolute atomic E-state index is 13.4. The first-order valence-electron chi connectivity index (χ1n) is 9.53. The van der Waals surface area contributed by atoms with E-state index in [4.69, 9.17) is 4.74 Å². The Morgan fingerprint density at radius 3 is 2.20 bits per heavy atom. The Bertz CT molecular complexity index is 1060. The fraction of sp³-hybridized carbons (Fsp3) is 0.167. The molecule has 3 aromatic carbocycles. The van der Waals surface area contributed by atoms with Gasteiger partial charge in [-0.3, -0.25) is 9.59 Å². The van der Waals surface area contributed by atoms with Crippen LogP contribution in [0.4, 0.5) is 15.8 Å². The molecule has 0 radical (unpaired) electrons. The van der Waals surface area contributed by atoms with Crippen molar-refractivity contribution >= 4 is 23.2 Å². The van der Waals surface area contributed by atoms with E-state index in [2.05, 4.69) is 24.5 Å². The van der Waals surface area contributed by atoms with Gasteiger partial charge < -0.3 is 15.4 Å². The van der Waals surface area contributed by atoms with Gasteiger partial charge in [-0.25, -0.2) is 4.39 Å². The fourth-order valence-electron chi connectivity index (χ4n) is 2.93. The van der Waals surface area contributed by atoms with Crippen LogP contribution in [-0.4, -0.2) is 18.9 Å². The molecule has 0 aromatic heterocycles. The number of halogens is 1. The summed E-state index contributed by atoms with van der Waals surface area (Å²) in [5, 5.41) is 5.51. The van der Waals surface area contributed by atoms with Gasteiger partial charge in [-0.1, -0.05) is 32.0 Å². The van der Waals surface area contributed by atoms with Gasteiger partial charge in [-0.05, 0) is 60.0 Å². The molecule has 0 saturated carbocycles. The van der Waals surface area contributed by atoms with Crippen molar-refractivity contribution in [2.75, 3.05) is 17.7 Å². The Labute approximate surface area is 174 Å². The van der Waals surface area contributed by atoms with Gasteiger partial charge >= 0.3 is 0 Å². The highest BCUT2D eigenvalue weighted by molar-refractivity contribution is 6.07. The predicted molar refractivity (Wildman–Crippen MR) is 116 cm³/mol. The lowest BCUT2D eigenvalue weighted by Gasteiger charge is -2.13. The summed E-state index contributed by atoms with van der Waals surface area (Å²) in [7, 11) is 1.47. The second-order valence-corrected chi connectivity index (χ2v) is 7.11. The minimum Gasteiger partial charge on any atom is -0.495 e. The van der Waals surface area contributed by atoms with Gasteiger partial charge in [0.1, 0.15) is 11.6 Å². The standard InChI is InChI=1S/C24H23FN2O3/c1-15(2)16-7-9-17(10-8-16)23(28)26-20-11-12-22(30-3)21(14-20)27-24(29)18-5-4-6-19(25)13-18/h4-15H,1-3H3,(H,26,28)(H,27,29). The molecule has 154 valence electrons. The largest absolute Gasteiger partial charge is 0.495 e. The Hall–Kier alpha value is -3.67. The summed E-state index contributed by atoms with van der Waals surface area (Å²) in [5.41, 5.74) is 2.71. The summed E-state index contributed by atoms with van der Waals surface area (Å²) in [6, 6.07) is 17.7. The monoisotopic (exact) mass is 406 g/mol. The lowest BCUT2D eigenvalue weighted by Crippen LogP contribution is -2.15. The third-order valence-corrected chi connectivity index (χ3v) is 4.63. The highest BCUT2D eigenvalue weighted by Gasteiger charge is 2.13. The normalized spacial score (nSPS) is 10.6. The van der Waals surface area contributed by atoms with Crippen LogP contribution >= 0.6 is 0 Å². The van der Waals surface area contributed by atoms with E-state index in [1.807, 2.05) is 12.1 Å². The molecular formula is C24H23FN2O3. The molecule has 2 N–H and O–H groups in total. The Morgan fingerprint density at radius 1 is 0.867 bits per heavy atom. The predicted octanol–water partition coefficient (Wildman–Crippen LogP) is 5.46. The second-order valence-electron chi connectivity index (χ2n) is 7.11. The Morgan fingerprint density at radius 2 is 1.57 bits per heavy atom. The maximum atomic E-state index is 13.4. The van der Waals surface area contributed by atoms with Crippen LogP contribution in [0.1, 0.15) is 46.0 Å². The summed E-state index contributed by atoms with van der Waals surface area (Å²) in [6.45, 7) is 4.18. The van der Waals surface area contributed by atoms with Gasteiger partial charge in [0.25, 0.3) is 11.8 Å². The average molecular weight is 406 g/mol. The highest BCUT2D eigenvalue weighted by Crippen LogP contribution is 2.29. The van der Waals surface area contributed by atoms with Crippen molar-refractivity contribution in [3.05, 3.63) is 89.2 Å². The first kappa shape index (κ1) is 21.0. The first-order chi connectivity index (χ1) is 14.4. The van der Waals surface area contributed by atoms with E-state index >= 15 is 0 Å². The van der Waals surface area contributed by atoms with Crippen LogP contribution in [0.15, 0.2) is 66.7 Å². The summed E-state index contributed by atoms with van der Waals surface area (Å²) in [6.07, 6.45) is 0. The molecule has 0 spiro atoms. The van der Waals surface area contributed by atoms with E-state index in [0.29, 0.717) is 28.6 Å². The molecule has 30 heavy (non-hydrogen) atoms. The number of rotatable bonds is 6. The van der Waals surface area contributed by atoms with Crippen molar-refractivity contribution in [1.82, 2.24) is 0 Å². The summed E-state index contributed by atoms with van der Waals surface area (Å²) in [4.78, 5) is 25.0. The Kier molecular flexibility index (Phi) is 6.47. The number of amides is 2. The van der Waals surface area contributed by atoms with Crippen molar-refractivity contribution < 1.29 is 18.7 Å². The maximum Gasteiger partial charge on any atom is 0.255 e. The molecule has 0 atom stereocenters. The van der Waals surface area contributed by atoms with Gasteiger partial charge in [-0.2, -0.15) is 0 Å². The lowest BCUT2D eigenvalue weighted by molar-refractivity contribution is 0.101. The third-order valence-electron chi connectivity index (χ3n) is 4.63. The van der Waals surface area contributed by atoms with E-state index in [1.165, 1.54) is 25.3 Å². The molecule has 5 nitrogen and oxygen atoms in total. The number of carbonyl (C=O) groups is 2. The Balaban J connectivity index is 1.78. The van der Waals surface area contributed by atoms with Crippen LogP contribution in [0.25, 0.3) is 0 Å². The molecule has 0 aliphatic rings. The van der Waals surface area contributed by atoms with Crippen LogP contribution in [0.3, 0.4) is 0 Å². The van der Waals surface area contributed by atoms with Gasteiger partial charge in [-0.15, -0.1) is 0 Å². The molecule has 3 rings (SSSR count). The van der Waals surface area contributed by atoms with E-state index in [9.17, 15) is 14.0 Å². The molecule has 6 heteroatoms. The van der Waals surface area contributed by atoms with E-state index in [-0.39, 0.29) is 11.5 Å². The number of methoxy groups -OCH3 is 1. The smallest absolute Gasteiger partial charge is 0.255 e. The van der Waals surface area contributed by atoms with Crippen LogP contribution < -0.4 is 15.4 Å². The number of benzene rings is 3. The molecule has 0 aliphatic heterocycles. The average Bonchev–Trinajstić information content (AvgIpc) is 2.74. The topological polar surface area (TPSA) is 67.4 Å². The van der Waals surface area contributed by atoms with Crippen LogP contribution in [0.2, 0.25) is 0 Å². The van der Waals surface area contributed by atoms with Crippen molar-refractivity contribution in [1.29, 1.82) is 0 Å². The van der Waals surface area contributed by atoms with Gasteiger partial charge in [0, 0.05) is 16.8 Å². The van der Waals surface area contributed by atoms with E-state index in [1.54, 1.807) is 30.3 Å². The number of carbonyl (C=O) groups excluding carboxylic acids is 2. The number of hydrogen-bond acceptors (Lipinski definition) is 3. The zero-order valence-electron chi connectivity index (χ0n) is 17.0. The van der Waals surface area contributed by atoms with Crippen LogP contribution in [-0.2, 0) is 0 Å². The fourth-order valence-corrected chi connectivity index (χ4v) is 2.93. The molecule has 0 bridgehead atoms. The van der Waals surface area contributed by atoms with Crippen molar-refractivity contribution in [3.63, 3.8) is 0 Å². The molecule has 0 aliphatic carbocycles. The lowest BCUT2D eigenvalue weighted by atomic mass is 10.0. The quantitative estimate of drug-likeness (QED) is 0.571. The molecular weight excluding hydrogens is 383 g/mol. The summed E-state index contributed by atoms with van der Waals surface area (Å²) >= 11 is 0. The van der Waals surface area contributed by atoms with Crippen LogP contribution in [0, 0.1) is 5.82 Å². The van der Waals surface area contributed by atoms with Crippen molar-refractivity contribution in [2.45, 2.75) is 19.8 Å². The number of hydrogen-bond donors (Lipinski definition) is 2. The van der Waals surface area contributed by atoms with E-state index in [0.717, 1.165) is 11.6 Å². The number of anilines is 2. The molecule has 2 amide bonds. The zero-order valence-corrected chi connectivity index (χ0v) is 17.0. The van der Waals surface area contributed by atoms with Crippen molar-refractivity contribution in [3.8, 4) is 5.75 Å². The number of ether oxygens (including phenoxy) is 1. The van der Waals surface area contributed by atoms with Gasteiger partial charge in [0.15, 0.2) is 0 Å².